The lowest BCUT2D eigenvalue weighted by atomic mass is 10.1. The van der Waals surface area contributed by atoms with Gasteiger partial charge in [0.25, 0.3) is 0 Å². The number of carboxylic acid groups (broad SMARTS) is 1. The zero-order chi connectivity index (χ0) is 22.3. The maximum Gasteiger partial charge on any atom is 0.320 e. The summed E-state index contributed by atoms with van der Waals surface area (Å²) in [6.07, 6.45) is 21.5. The van der Waals surface area contributed by atoms with Crippen LogP contribution >= 0.6 is 0 Å². The van der Waals surface area contributed by atoms with E-state index in [-0.39, 0.29) is 19.1 Å². The van der Waals surface area contributed by atoms with Crippen LogP contribution in [0, 0.1) is 0 Å². The summed E-state index contributed by atoms with van der Waals surface area (Å²) in [6, 6.07) is -0.739. The summed E-state index contributed by atoms with van der Waals surface area (Å²) >= 11 is 0. The lowest BCUT2D eigenvalue weighted by Crippen LogP contribution is -2.41. The molecule has 4 N–H and O–H groups in total. The third kappa shape index (κ3) is 19.9. The molecule has 0 radical (unpaired) electrons. The highest BCUT2D eigenvalue weighted by atomic mass is 16.4. The van der Waals surface area contributed by atoms with E-state index in [1.807, 2.05) is 0 Å². The van der Waals surface area contributed by atoms with Gasteiger partial charge in [-0.05, 0) is 38.5 Å². The highest BCUT2D eigenvalue weighted by molar-refractivity contribution is 5.76. The van der Waals surface area contributed by atoms with Crippen LogP contribution in [0.1, 0.15) is 103 Å². The average molecular weight is 427 g/mol. The number of allylic oxidation sites excluding steroid dienone is 2. The third-order valence-corrected chi connectivity index (χ3v) is 5.22. The molecule has 1 unspecified atom stereocenters. The van der Waals surface area contributed by atoms with E-state index in [2.05, 4.69) is 29.7 Å². The Bertz CT molecular complexity index is 441. The summed E-state index contributed by atoms with van der Waals surface area (Å²) in [5.74, 6) is -0.978. The summed E-state index contributed by atoms with van der Waals surface area (Å²) in [4.78, 5) is 22.9. The van der Waals surface area contributed by atoms with Crippen LogP contribution in [0.25, 0.3) is 0 Å². The van der Waals surface area contributed by atoms with Crippen molar-refractivity contribution in [2.75, 3.05) is 19.7 Å². The molecule has 0 aromatic rings. The highest BCUT2D eigenvalue weighted by Gasteiger charge is 2.16. The number of nitrogens with one attached hydrogen (secondary N) is 2. The van der Waals surface area contributed by atoms with E-state index < -0.39 is 12.0 Å². The summed E-state index contributed by atoms with van der Waals surface area (Å²) < 4.78 is 0. The molecular formula is C24H46N2O4. The van der Waals surface area contributed by atoms with Crippen LogP contribution in [0.3, 0.4) is 0 Å². The Morgan fingerprint density at radius 2 is 1.40 bits per heavy atom. The average Bonchev–Trinajstić information content (AvgIpc) is 2.73. The van der Waals surface area contributed by atoms with Crippen molar-refractivity contribution in [3.05, 3.63) is 12.2 Å². The fourth-order valence-electron chi connectivity index (χ4n) is 3.35. The molecule has 0 heterocycles. The van der Waals surface area contributed by atoms with Gasteiger partial charge in [0.15, 0.2) is 0 Å². The van der Waals surface area contributed by atoms with Gasteiger partial charge in [0.1, 0.15) is 6.04 Å². The second-order valence-corrected chi connectivity index (χ2v) is 8.04. The molecule has 0 rings (SSSR count). The van der Waals surface area contributed by atoms with Crippen molar-refractivity contribution in [2.24, 2.45) is 0 Å². The molecule has 0 spiro atoms. The van der Waals surface area contributed by atoms with Crippen LogP contribution in [0.2, 0.25) is 0 Å². The second kappa shape index (κ2) is 22.3. The molecule has 0 aromatic carbocycles. The minimum absolute atomic E-state index is 0.0149. The number of aliphatic carboxylic acids is 1. The van der Waals surface area contributed by atoms with Crippen molar-refractivity contribution in [3.63, 3.8) is 0 Å². The van der Waals surface area contributed by atoms with E-state index in [1.54, 1.807) is 0 Å². The number of amides is 1. The van der Waals surface area contributed by atoms with E-state index in [1.165, 1.54) is 57.8 Å². The number of carboxylic acids is 1. The molecule has 176 valence electrons. The van der Waals surface area contributed by atoms with Crippen molar-refractivity contribution >= 4 is 11.9 Å². The maximum atomic E-state index is 11.8. The van der Waals surface area contributed by atoms with E-state index >= 15 is 0 Å². The number of rotatable bonds is 22. The van der Waals surface area contributed by atoms with Crippen LogP contribution in [0.4, 0.5) is 0 Å². The molecule has 0 saturated heterocycles. The quantitative estimate of drug-likeness (QED) is 0.150. The van der Waals surface area contributed by atoms with Crippen LogP contribution in [0.5, 0.6) is 0 Å². The molecule has 0 aromatic heterocycles. The molecule has 0 saturated carbocycles. The first kappa shape index (κ1) is 28.6. The Labute approximate surface area is 183 Å². The first-order valence-corrected chi connectivity index (χ1v) is 12.1. The molecular weight excluding hydrogens is 380 g/mol. The van der Waals surface area contributed by atoms with Gasteiger partial charge in [0.05, 0.1) is 6.61 Å². The Balaban J connectivity index is 3.44. The van der Waals surface area contributed by atoms with Gasteiger partial charge in [-0.2, -0.15) is 0 Å². The monoisotopic (exact) mass is 426 g/mol. The van der Waals surface area contributed by atoms with Crippen molar-refractivity contribution in [2.45, 2.75) is 109 Å². The number of carbonyl (C=O) groups is 2. The fourth-order valence-corrected chi connectivity index (χ4v) is 3.35. The standard InChI is InChI=1S/C24H46N2O4/c1-2-3-4-5-6-7-8-9-10-11-12-13-14-15-16-17-23(28)26-19-18-22(24(29)30)25-20-21-27/h9-10,22,25,27H,2-8,11-21H2,1H3,(H,26,28)(H,29,30)/b10-9-. The van der Waals surface area contributed by atoms with Gasteiger partial charge < -0.3 is 20.8 Å². The van der Waals surface area contributed by atoms with Crippen LogP contribution in [-0.2, 0) is 9.59 Å². The number of unbranched alkanes of at least 4 members (excludes halogenated alkanes) is 11. The van der Waals surface area contributed by atoms with Crippen molar-refractivity contribution in [1.82, 2.24) is 10.6 Å². The Hall–Kier alpha value is -1.40. The van der Waals surface area contributed by atoms with E-state index in [4.69, 9.17) is 10.2 Å². The van der Waals surface area contributed by atoms with Gasteiger partial charge in [-0.3, -0.25) is 9.59 Å². The number of hydrogen-bond acceptors (Lipinski definition) is 4. The van der Waals surface area contributed by atoms with Crippen LogP contribution in [-0.4, -0.2) is 47.8 Å². The van der Waals surface area contributed by atoms with Gasteiger partial charge in [-0.25, -0.2) is 0 Å². The summed E-state index contributed by atoms with van der Waals surface area (Å²) in [5, 5.41) is 23.3. The molecule has 0 aliphatic rings. The number of carbonyl (C=O) groups excluding carboxylic acids is 1. The van der Waals surface area contributed by atoms with Gasteiger partial charge in [0, 0.05) is 19.5 Å². The van der Waals surface area contributed by atoms with Gasteiger partial charge >= 0.3 is 5.97 Å². The number of aliphatic hydroxyl groups is 1. The summed E-state index contributed by atoms with van der Waals surface area (Å²) in [7, 11) is 0. The minimum Gasteiger partial charge on any atom is -0.480 e. The van der Waals surface area contributed by atoms with Crippen molar-refractivity contribution < 1.29 is 19.8 Å². The number of aliphatic hydroxyl groups excluding tert-OH is 1. The first-order chi connectivity index (χ1) is 14.6. The molecule has 1 atom stereocenters. The van der Waals surface area contributed by atoms with E-state index in [9.17, 15) is 9.59 Å². The molecule has 6 heteroatoms. The molecule has 30 heavy (non-hydrogen) atoms. The third-order valence-electron chi connectivity index (χ3n) is 5.22. The second-order valence-electron chi connectivity index (χ2n) is 8.04. The SMILES string of the molecule is CCCCCCCC/C=C\CCCCCCCC(=O)NCCC(NCCO)C(=O)O. The smallest absolute Gasteiger partial charge is 0.320 e. The van der Waals surface area contributed by atoms with E-state index in [0.717, 1.165) is 25.7 Å². The highest BCUT2D eigenvalue weighted by Crippen LogP contribution is 2.10. The summed E-state index contributed by atoms with van der Waals surface area (Å²) in [6.45, 7) is 2.72. The predicted molar refractivity (Wildman–Crippen MR) is 124 cm³/mol. The lowest BCUT2D eigenvalue weighted by molar-refractivity contribution is -0.139. The fraction of sp³-hybridized carbons (Fsp3) is 0.833. The Kier molecular flexibility index (Phi) is 21.2. The zero-order valence-corrected chi connectivity index (χ0v) is 19.2. The van der Waals surface area contributed by atoms with E-state index in [0.29, 0.717) is 19.4 Å². The summed E-state index contributed by atoms with van der Waals surface area (Å²) in [5.41, 5.74) is 0. The molecule has 6 nitrogen and oxygen atoms in total. The molecule has 0 aliphatic heterocycles. The predicted octanol–water partition coefficient (Wildman–Crippen LogP) is 4.57. The number of hydrogen-bond donors (Lipinski definition) is 4. The van der Waals surface area contributed by atoms with Gasteiger partial charge in [-0.1, -0.05) is 70.4 Å². The Morgan fingerprint density at radius 3 is 1.97 bits per heavy atom. The molecule has 0 aliphatic carbocycles. The normalized spacial score (nSPS) is 12.3. The zero-order valence-electron chi connectivity index (χ0n) is 19.2. The first-order valence-electron chi connectivity index (χ1n) is 12.1. The topological polar surface area (TPSA) is 98.7 Å². The van der Waals surface area contributed by atoms with Crippen LogP contribution in [0.15, 0.2) is 12.2 Å². The van der Waals surface area contributed by atoms with Gasteiger partial charge in [0.2, 0.25) is 5.91 Å². The van der Waals surface area contributed by atoms with Crippen molar-refractivity contribution in [1.29, 1.82) is 0 Å². The van der Waals surface area contributed by atoms with Crippen LogP contribution < -0.4 is 10.6 Å². The maximum absolute atomic E-state index is 11.8. The minimum atomic E-state index is -0.963. The molecule has 0 bridgehead atoms. The largest absolute Gasteiger partial charge is 0.480 e. The Morgan fingerprint density at radius 1 is 0.833 bits per heavy atom. The van der Waals surface area contributed by atoms with Crippen molar-refractivity contribution in [3.8, 4) is 0 Å². The molecule has 1 amide bonds. The van der Waals surface area contributed by atoms with Gasteiger partial charge in [-0.15, -0.1) is 0 Å². The lowest BCUT2D eigenvalue weighted by Gasteiger charge is -2.14. The molecule has 0 fully saturated rings.